The van der Waals surface area contributed by atoms with Gasteiger partial charge in [-0.05, 0) is 24.6 Å². The van der Waals surface area contributed by atoms with Crippen molar-refractivity contribution in [2.45, 2.75) is 102 Å². The molecule has 0 spiro atoms. The highest BCUT2D eigenvalue weighted by Gasteiger charge is 2.17. The predicted octanol–water partition coefficient (Wildman–Crippen LogP) is 7.17. The van der Waals surface area contributed by atoms with Gasteiger partial charge in [-0.3, -0.25) is 0 Å². The van der Waals surface area contributed by atoms with Crippen LogP contribution >= 0.6 is 10.7 Å². The van der Waals surface area contributed by atoms with E-state index in [0.29, 0.717) is 6.61 Å². The number of hydrogen-bond donors (Lipinski definition) is 1. The number of unbranched alkanes of at least 4 members (excludes halogenated alkanes) is 13. The molecule has 0 radical (unpaired) electrons. The Morgan fingerprint density at radius 2 is 1.33 bits per heavy atom. The fourth-order valence-electron chi connectivity index (χ4n) is 3.43. The maximum absolute atomic E-state index is 11.4. The molecule has 0 amide bonds. The average Bonchev–Trinajstić information content (AvgIpc) is 2.70. The van der Waals surface area contributed by atoms with Gasteiger partial charge in [0.05, 0.1) is 11.5 Å². The largest absolute Gasteiger partial charge is 0.493 e. The number of aromatic carboxylic acids is 1. The van der Waals surface area contributed by atoms with Gasteiger partial charge in [-0.25, -0.2) is 13.2 Å². The zero-order chi connectivity index (χ0) is 22.2. The molecule has 172 valence electrons. The molecule has 0 saturated carbocycles. The molecule has 0 aromatic heterocycles. The Morgan fingerprint density at radius 3 is 1.77 bits per heavy atom. The number of benzene rings is 1. The molecule has 0 aliphatic carbocycles. The van der Waals surface area contributed by atoms with E-state index in [1.54, 1.807) is 0 Å². The van der Waals surface area contributed by atoms with E-state index >= 15 is 0 Å². The first-order valence-corrected chi connectivity index (χ1v) is 13.6. The highest BCUT2D eigenvalue weighted by molar-refractivity contribution is 8.13. The van der Waals surface area contributed by atoms with Crippen LogP contribution < -0.4 is 4.74 Å². The predicted molar refractivity (Wildman–Crippen MR) is 122 cm³/mol. The van der Waals surface area contributed by atoms with Gasteiger partial charge in [0.25, 0.3) is 9.05 Å². The Balaban J connectivity index is 2.10. The molecule has 0 saturated heterocycles. The number of rotatable bonds is 18. The van der Waals surface area contributed by atoms with Crippen LogP contribution in [0.4, 0.5) is 0 Å². The first-order chi connectivity index (χ1) is 14.4. The Morgan fingerprint density at radius 1 is 0.867 bits per heavy atom. The van der Waals surface area contributed by atoms with Crippen LogP contribution in [0.25, 0.3) is 0 Å². The molecule has 0 bridgehead atoms. The summed E-state index contributed by atoms with van der Waals surface area (Å²) in [5.74, 6) is -1.07. The highest BCUT2D eigenvalue weighted by atomic mass is 35.7. The minimum absolute atomic E-state index is 0.168. The summed E-state index contributed by atoms with van der Waals surface area (Å²) in [4.78, 5) is 11.1. The molecule has 0 fully saturated rings. The molecule has 0 aliphatic heterocycles. The Kier molecular flexibility index (Phi) is 13.8. The lowest BCUT2D eigenvalue weighted by atomic mass is 10.0. The van der Waals surface area contributed by atoms with Crippen LogP contribution in [0.15, 0.2) is 23.1 Å². The lowest BCUT2D eigenvalue weighted by Gasteiger charge is -2.10. The summed E-state index contributed by atoms with van der Waals surface area (Å²) in [6.07, 6.45) is 17.7. The first-order valence-electron chi connectivity index (χ1n) is 11.3. The van der Waals surface area contributed by atoms with E-state index < -0.39 is 15.0 Å². The van der Waals surface area contributed by atoms with Crippen molar-refractivity contribution in [3.63, 3.8) is 0 Å². The van der Waals surface area contributed by atoms with E-state index in [9.17, 15) is 18.3 Å². The molecule has 0 aliphatic rings. The van der Waals surface area contributed by atoms with Crippen molar-refractivity contribution in [3.8, 4) is 5.75 Å². The number of carbonyl (C=O) groups is 1. The van der Waals surface area contributed by atoms with Crippen LogP contribution in [-0.4, -0.2) is 26.1 Å². The van der Waals surface area contributed by atoms with Gasteiger partial charge >= 0.3 is 5.97 Å². The molecule has 0 atom stereocenters. The van der Waals surface area contributed by atoms with Gasteiger partial charge in [0, 0.05) is 10.7 Å². The van der Waals surface area contributed by atoms with Crippen molar-refractivity contribution < 1.29 is 23.1 Å². The summed E-state index contributed by atoms with van der Waals surface area (Å²) in [5.41, 5.74) is -0.193. The van der Waals surface area contributed by atoms with Crippen molar-refractivity contribution in [2.24, 2.45) is 0 Å². The number of halogens is 1. The van der Waals surface area contributed by atoms with Crippen LogP contribution in [-0.2, 0) is 9.05 Å². The molecule has 7 heteroatoms. The SMILES string of the molecule is CCCCCCCCCCCCCCCCOc1ccc(S(=O)(=O)Cl)cc1C(=O)O. The molecule has 1 rings (SSSR count). The van der Waals surface area contributed by atoms with E-state index in [0.717, 1.165) is 25.3 Å². The molecule has 0 unspecified atom stereocenters. The van der Waals surface area contributed by atoms with Crippen LogP contribution in [0.3, 0.4) is 0 Å². The van der Waals surface area contributed by atoms with Gasteiger partial charge < -0.3 is 9.84 Å². The van der Waals surface area contributed by atoms with E-state index in [1.807, 2.05) is 0 Å². The molecule has 1 aromatic rings. The zero-order valence-corrected chi connectivity index (χ0v) is 19.8. The molecule has 5 nitrogen and oxygen atoms in total. The summed E-state index contributed by atoms with van der Waals surface area (Å²) >= 11 is 0. The topological polar surface area (TPSA) is 80.7 Å². The molecule has 0 heterocycles. The third kappa shape index (κ3) is 11.8. The number of carboxylic acid groups (broad SMARTS) is 1. The standard InChI is InChI=1S/C23H37ClO5S/c1-2-3-4-5-6-7-8-9-10-11-12-13-14-15-18-29-22-17-16-20(30(24,27)28)19-21(22)23(25)26/h16-17,19H,2-15,18H2,1H3,(H,25,26). The summed E-state index contributed by atoms with van der Waals surface area (Å²) in [5, 5.41) is 9.26. The van der Waals surface area contributed by atoms with Crippen LogP contribution in [0.1, 0.15) is 107 Å². The highest BCUT2D eigenvalue weighted by Crippen LogP contribution is 2.25. The molecular formula is C23H37ClO5S. The molecule has 1 N–H and O–H groups in total. The summed E-state index contributed by atoms with van der Waals surface area (Å²) in [7, 11) is 1.30. The second-order valence-corrected chi connectivity index (χ2v) is 10.4. The fraction of sp³-hybridized carbons (Fsp3) is 0.696. The maximum Gasteiger partial charge on any atom is 0.339 e. The zero-order valence-electron chi connectivity index (χ0n) is 18.2. The Hall–Kier alpha value is -1.27. The second-order valence-electron chi connectivity index (χ2n) is 7.85. The van der Waals surface area contributed by atoms with Crippen molar-refractivity contribution in [1.29, 1.82) is 0 Å². The van der Waals surface area contributed by atoms with E-state index in [-0.39, 0.29) is 16.2 Å². The third-order valence-corrected chi connectivity index (χ3v) is 6.57. The second kappa shape index (κ2) is 15.5. The van der Waals surface area contributed by atoms with Crippen molar-refractivity contribution in [1.82, 2.24) is 0 Å². The van der Waals surface area contributed by atoms with Gasteiger partial charge in [-0.2, -0.15) is 0 Å². The lowest BCUT2D eigenvalue weighted by Crippen LogP contribution is -2.06. The van der Waals surface area contributed by atoms with Gasteiger partial charge in [0.15, 0.2) is 0 Å². The first kappa shape index (κ1) is 26.8. The Bertz CT molecular complexity index is 718. The van der Waals surface area contributed by atoms with E-state index in [2.05, 4.69) is 6.92 Å². The van der Waals surface area contributed by atoms with Crippen LogP contribution in [0, 0.1) is 0 Å². The molecule has 30 heavy (non-hydrogen) atoms. The Labute approximate surface area is 186 Å². The average molecular weight is 461 g/mol. The minimum Gasteiger partial charge on any atom is -0.493 e. The summed E-state index contributed by atoms with van der Waals surface area (Å²) in [6.45, 7) is 2.66. The monoisotopic (exact) mass is 460 g/mol. The van der Waals surface area contributed by atoms with Crippen molar-refractivity contribution in [2.75, 3.05) is 6.61 Å². The molecule has 1 aromatic carbocycles. The third-order valence-electron chi connectivity index (χ3n) is 5.22. The fourth-order valence-corrected chi connectivity index (χ4v) is 4.21. The number of carboxylic acids is 1. The van der Waals surface area contributed by atoms with Gasteiger partial charge in [-0.15, -0.1) is 0 Å². The maximum atomic E-state index is 11.4. The van der Waals surface area contributed by atoms with E-state index in [1.165, 1.54) is 82.8 Å². The quantitative estimate of drug-likeness (QED) is 0.185. The van der Waals surface area contributed by atoms with E-state index in [4.69, 9.17) is 15.4 Å². The smallest absolute Gasteiger partial charge is 0.339 e. The minimum atomic E-state index is -3.97. The normalized spacial score (nSPS) is 11.5. The lowest BCUT2D eigenvalue weighted by molar-refractivity contribution is 0.0692. The van der Waals surface area contributed by atoms with Crippen molar-refractivity contribution in [3.05, 3.63) is 23.8 Å². The number of ether oxygens (including phenoxy) is 1. The number of hydrogen-bond acceptors (Lipinski definition) is 4. The van der Waals surface area contributed by atoms with Crippen LogP contribution in [0.5, 0.6) is 5.75 Å². The summed E-state index contributed by atoms with van der Waals surface area (Å²) in [6, 6.07) is 3.64. The van der Waals surface area contributed by atoms with Gasteiger partial charge in [0.1, 0.15) is 11.3 Å². The summed E-state index contributed by atoms with van der Waals surface area (Å²) < 4.78 is 28.3. The van der Waals surface area contributed by atoms with Crippen LogP contribution in [0.2, 0.25) is 0 Å². The van der Waals surface area contributed by atoms with Gasteiger partial charge in [0.2, 0.25) is 0 Å². The van der Waals surface area contributed by atoms with Gasteiger partial charge in [-0.1, -0.05) is 90.4 Å². The molecular weight excluding hydrogens is 424 g/mol. The van der Waals surface area contributed by atoms with Crippen molar-refractivity contribution >= 4 is 25.7 Å².